The molecule has 90 valence electrons. The van der Waals surface area contributed by atoms with Gasteiger partial charge in [-0.05, 0) is 31.2 Å². The van der Waals surface area contributed by atoms with E-state index in [1.807, 2.05) is 0 Å². The molecule has 0 radical (unpaired) electrons. The third-order valence-corrected chi connectivity index (χ3v) is 2.27. The number of ether oxygens (including phenoxy) is 1. The topological polar surface area (TPSA) is 41.5 Å². The Kier molecular flexibility index (Phi) is 5.14. The Bertz CT molecular complexity index is 303. The van der Waals surface area contributed by atoms with Gasteiger partial charge in [0, 0.05) is 12.6 Å². The number of nitrogens with one attached hydrogen (secondary N) is 1. The van der Waals surface area contributed by atoms with Crippen LogP contribution >= 0.6 is 0 Å². The molecule has 1 atom stereocenters. The summed E-state index contributed by atoms with van der Waals surface area (Å²) < 4.78 is 28.0. The van der Waals surface area contributed by atoms with Crippen molar-refractivity contribution < 1.29 is 18.6 Å². The summed E-state index contributed by atoms with van der Waals surface area (Å²) in [5.41, 5.74) is 0.929. The van der Waals surface area contributed by atoms with Crippen molar-refractivity contribution in [3.8, 4) is 5.75 Å². The fourth-order valence-electron chi connectivity index (χ4n) is 1.49. The SMILES string of the molecule is CNC(CCO)c1ccc(OC(F)F)cc1. The number of benzene rings is 1. The molecule has 0 heterocycles. The van der Waals surface area contributed by atoms with E-state index in [0.717, 1.165) is 5.56 Å². The number of aliphatic hydroxyl groups excluding tert-OH is 1. The smallest absolute Gasteiger partial charge is 0.387 e. The van der Waals surface area contributed by atoms with Gasteiger partial charge < -0.3 is 15.2 Å². The van der Waals surface area contributed by atoms with Gasteiger partial charge in [-0.25, -0.2) is 0 Å². The lowest BCUT2D eigenvalue weighted by atomic mass is 10.0. The fraction of sp³-hybridized carbons (Fsp3) is 0.455. The van der Waals surface area contributed by atoms with E-state index in [4.69, 9.17) is 5.11 Å². The number of hydrogen-bond acceptors (Lipinski definition) is 3. The van der Waals surface area contributed by atoms with Gasteiger partial charge in [0.25, 0.3) is 0 Å². The van der Waals surface area contributed by atoms with Crippen molar-refractivity contribution in [3.63, 3.8) is 0 Å². The zero-order valence-corrected chi connectivity index (χ0v) is 8.99. The first-order chi connectivity index (χ1) is 7.67. The van der Waals surface area contributed by atoms with Crippen molar-refractivity contribution in [2.75, 3.05) is 13.7 Å². The Hall–Kier alpha value is -1.20. The quantitative estimate of drug-likeness (QED) is 0.786. The molecule has 0 aromatic heterocycles. The van der Waals surface area contributed by atoms with E-state index in [2.05, 4.69) is 10.1 Å². The Morgan fingerprint density at radius 1 is 1.31 bits per heavy atom. The molecular weight excluding hydrogens is 216 g/mol. The van der Waals surface area contributed by atoms with Crippen LogP contribution in [0.1, 0.15) is 18.0 Å². The first-order valence-electron chi connectivity index (χ1n) is 5.00. The summed E-state index contributed by atoms with van der Waals surface area (Å²) in [6.07, 6.45) is 0.575. The number of halogens is 2. The predicted octanol–water partition coefficient (Wildman–Crippen LogP) is 1.93. The van der Waals surface area contributed by atoms with E-state index >= 15 is 0 Å². The first kappa shape index (κ1) is 12.9. The maximum Gasteiger partial charge on any atom is 0.387 e. The van der Waals surface area contributed by atoms with E-state index in [1.54, 1.807) is 19.2 Å². The Morgan fingerprint density at radius 2 is 1.94 bits per heavy atom. The maximum absolute atomic E-state index is 11.9. The first-order valence-corrected chi connectivity index (χ1v) is 5.00. The summed E-state index contributed by atoms with van der Waals surface area (Å²) in [5, 5.41) is 11.9. The molecule has 0 bridgehead atoms. The largest absolute Gasteiger partial charge is 0.435 e. The van der Waals surface area contributed by atoms with Crippen LogP contribution in [-0.4, -0.2) is 25.4 Å². The summed E-state index contributed by atoms with van der Waals surface area (Å²) >= 11 is 0. The number of alkyl halides is 2. The standard InChI is InChI=1S/C11H15F2NO2/c1-14-10(6-7-15)8-2-4-9(5-3-8)16-11(12)13/h2-5,10-11,14-15H,6-7H2,1H3. The highest BCUT2D eigenvalue weighted by atomic mass is 19.3. The summed E-state index contributed by atoms with van der Waals surface area (Å²) in [5.74, 6) is 0.137. The van der Waals surface area contributed by atoms with Gasteiger partial charge in [-0.2, -0.15) is 8.78 Å². The van der Waals surface area contributed by atoms with Crippen LogP contribution in [0.3, 0.4) is 0 Å². The highest BCUT2D eigenvalue weighted by Crippen LogP contribution is 2.20. The van der Waals surface area contributed by atoms with Crippen LogP contribution in [0, 0.1) is 0 Å². The average Bonchev–Trinajstić information content (AvgIpc) is 2.26. The zero-order chi connectivity index (χ0) is 12.0. The van der Waals surface area contributed by atoms with Gasteiger partial charge in [0.15, 0.2) is 0 Å². The second kappa shape index (κ2) is 6.40. The van der Waals surface area contributed by atoms with Crippen molar-refractivity contribution in [2.24, 2.45) is 0 Å². The van der Waals surface area contributed by atoms with Gasteiger partial charge in [0.2, 0.25) is 0 Å². The molecule has 0 spiro atoms. The Labute approximate surface area is 93.0 Å². The molecule has 0 saturated carbocycles. The number of hydrogen-bond donors (Lipinski definition) is 2. The van der Waals surface area contributed by atoms with E-state index in [-0.39, 0.29) is 18.4 Å². The summed E-state index contributed by atoms with van der Waals surface area (Å²) in [6.45, 7) is -2.73. The van der Waals surface area contributed by atoms with Crippen LogP contribution in [0.25, 0.3) is 0 Å². The average molecular weight is 231 g/mol. The van der Waals surface area contributed by atoms with Crippen LogP contribution in [0.5, 0.6) is 5.75 Å². The molecule has 2 N–H and O–H groups in total. The van der Waals surface area contributed by atoms with E-state index < -0.39 is 6.61 Å². The van der Waals surface area contributed by atoms with Crippen molar-refractivity contribution in [2.45, 2.75) is 19.1 Å². The third kappa shape index (κ3) is 3.75. The minimum Gasteiger partial charge on any atom is -0.435 e. The van der Waals surface area contributed by atoms with Crippen molar-refractivity contribution >= 4 is 0 Å². The van der Waals surface area contributed by atoms with Crippen LogP contribution in [0.4, 0.5) is 8.78 Å². The summed E-state index contributed by atoms with van der Waals surface area (Å²) in [7, 11) is 1.78. The minimum atomic E-state index is -2.80. The van der Waals surface area contributed by atoms with Crippen LogP contribution in [-0.2, 0) is 0 Å². The third-order valence-electron chi connectivity index (χ3n) is 2.27. The van der Waals surface area contributed by atoms with Crippen molar-refractivity contribution in [3.05, 3.63) is 29.8 Å². The second-order valence-corrected chi connectivity index (χ2v) is 3.30. The number of rotatable bonds is 6. The second-order valence-electron chi connectivity index (χ2n) is 3.30. The highest BCUT2D eigenvalue weighted by Gasteiger charge is 2.09. The lowest BCUT2D eigenvalue weighted by Gasteiger charge is -2.15. The molecule has 1 rings (SSSR count). The monoisotopic (exact) mass is 231 g/mol. The van der Waals surface area contributed by atoms with Crippen molar-refractivity contribution in [1.29, 1.82) is 0 Å². The van der Waals surface area contributed by atoms with E-state index in [1.165, 1.54) is 12.1 Å². The molecule has 0 aliphatic heterocycles. The fourth-order valence-corrected chi connectivity index (χ4v) is 1.49. The van der Waals surface area contributed by atoms with E-state index in [0.29, 0.717) is 6.42 Å². The molecule has 0 saturated heterocycles. The maximum atomic E-state index is 11.9. The Morgan fingerprint density at radius 3 is 2.38 bits per heavy atom. The molecule has 5 heteroatoms. The molecule has 1 unspecified atom stereocenters. The number of aliphatic hydroxyl groups is 1. The molecule has 3 nitrogen and oxygen atoms in total. The molecule has 0 aliphatic rings. The molecule has 16 heavy (non-hydrogen) atoms. The van der Waals surface area contributed by atoms with Gasteiger partial charge in [-0.3, -0.25) is 0 Å². The lowest BCUT2D eigenvalue weighted by Crippen LogP contribution is -2.17. The molecule has 1 aromatic carbocycles. The van der Waals surface area contributed by atoms with E-state index in [9.17, 15) is 8.78 Å². The van der Waals surface area contributed by atoms with Gasteiger partial charge in [-0.15, -0.1) is 0 Å². The molecule has 0 aliphatic carbocycles. The molecular formula is C11H15F2NO2. The van der Waals surface area contributed by atoms with Crippen LogP contribution in [0.2, 0.25) is 0 Å². The Balaban J connectivity index is 2.69. The van der Waals surface area contributed by atoms with Crippen LogP contribution < -0.4 is 10.1 Å². The molecule has 0 fully saturated rings. The van der Waals surface area contributed by atoms with Crippen LogP contribution in [0.15, 0.2) is 24.3 Å². The summed E-state index contributed by atoms with van der Waals surface area (Å²) in [6, 6.07) is 6.40. The zero-order valence-electron chi connectivity index (χ0n) is 8.99. The van der Waals surface area contributed by atoms with Gasteiger partial charge in [0.1, 0.15) is 5.75 Å². The normalized spacial score (nSPS) is 12.8. The summed E-state index contributed by atoms with van der Waals surface area (Å²) in [4.78, 5) is 0. The predicted molar refractivity (Wildman–Crippen MR) is 56.6 cm³/mol. The lowest BCUT2D eigenvalue weighted by molar-refractivity contribution is -0.0498. The molecule has 1 aromatic rings. The van der Waals surface area contributed by atoms with Crippen molar-refractivity contribution in [1.82, 2.24) is 5.32 Å². The highest BCUT2D eigenvalue weighted by molar-refractivity contribution is 5.29. The van der Waals surface area contributed by atoms with Gasteiger partial charge in [-0.1, -0.05) is 12.1 Å². The molecule has 0 amide bonds. The van der Waals surface area contributed by atoms with Gasteiger partial charge >= 0.3 is 6.61 Å². The minimum absolute atomic E-state index is 0.0191. The van der Waals surface area contributed by atoms with Gasteiger partial charge in [0.05, 0.1) is 0 Å².